The van der Waals surface area contributed by atoms with Crippen LogP contribution >= 0.6 is 0 Å². The second-order valence-electron chi connectivity index (χ2n) is 8.39. The Hall–Kier alpha value is -3.05. The van der Waals surface area contributed by atoms with Gasteiger partial charge in [-0.2, -0.15) is 4.31 Å². The van der Waals surface area contributed by atoms with Crippen LogP contribution in [0.15, 0.2) is 35.2 Å². The van der Waals surface area contributed by atoms with Crippen molar-refractivity contribution in [3.05, 3.63) is 53.1 Å². The van der Waals surface area contributed by atoms with Crippen molar-refractivity contribution in [2.45, 2.75) is 25.2 Å². The molecule has 1 saturated heterocycles. The van der Waals surface area contributed by atoms with Gasteiger partial charge in [-0.1, -0.05) is 13.8 Å². The largest absolute Gasteiger partial charge is 0.495 e. The third-order valence-corrected chi connectivity index (χ3v) is 7.44. The summed E-state index contributed by atoms with van der Waals surface area (Å²) >= 11 is 0. The quantitative estimate of drug-likeness (QED) is 0.613. The topological polar surface area (TPSA) is 102 Å². The molecule has 1 fully saturated rings. The number of ether oxygens (including phenoxy) is 2. The van der Waals surface area contributed by atoms with Crippen LogP contribution in [-0.2, 0) is 14.8 Å². The van der Waals surface area contributed by atoms with Crippen LogP contribution in [0.4, 0.5) is 14.5 Å². The van der Waals surface area contributed by atoms with Gasteiger partial charge in [-0.15, -0.1) is 0 Å². The summed E-state index contributed by atoms with van der Waals surface area (Å²) in [6, 6.07) is 5.06. The summed E-state index contributed by atoms with van der Waals surface area (Å²) < 4.78 is 66.0. The smallest absolute Gasteiger partial charge is 0.340 e. The second kappa shape index (κ2) is 10.1. The van der Waals surface area contributed by atoms with Gasteiger partial charge in [-0.25, -0.2) is 22.0 Å². The SMILES string of the molecule is COC(=O)c1cc(NC(=O)c2ccc(OC)c(S(=O)(=O)N3C[C@H](C)C[C@H](C)C3)c2)c(F)cc1F. The molecule has 11 heteroatoms. The first-order chi connectivity index (χ1) is 16.0. The van der Waals surface area contributed by atoms with Gasteiger partial charge in [-0.3, -0.25) is 4.79 Å². The van der Waals surface area contributed by atoms with Gasteiger partial charge in [0.05, 0.1) is 25.5 Å². The summed E-state index contributed by atoms with van der Waals surface area (Å²) in [6.07, 6.45) is 0.905. The van der Waals surface area contributed by atoms with Crippen molar-refractivity contribution in [3.8, 4) is 5.75 Å². The van der Waals surface area contributed by atoms with Crippen molar-refractivity contribution in [2.75, 3.05) is 32.6 Å². The Morgan fingerprint density at radius 2 is 1.68 bits per heavy atom. The molecule has 0 unspecified atom stereocenters. The average Bonchev–Trinajstić information content (AvgIpc) is 2.79. The van der Waals surface area contributed by atoms with Gasteiger partial charge in [0.2, 0.25) is 10.0 Å². The van der Waals surface area contributed by atoms with Crippen molar-refractivity contribution in [3.63, 3.8) is 0 Å². The number of esters is 1. The van der Waals surface area contributed by atoms with E-state index in [0.717, 1.165) is 25.7 Å². The molecule has 2 aromatic carbocycles. The van der Waals surface area contributed by atoms with E-state index in [0.29, 0.717) is 19.2 Å². The highest BCUT2D eigenvalue weighted by Crippen LogP contribution is 2.32. The molecule has 1 aliphatic rings. The Balaban J connectivity index is 1.96. The van der Waals surface area contributed by atoms with Crippen LogP contribution in [0.25, 0.3) is 0 Å². The van der Waals surface area contributed by atoms with Crippen LogP contribution in [0.3, 0.4) is 0 Å². The minimum Gasteiger partial charge on any atom is -0.495 e. The Morgan fingerprint density at radius 1 is 1.03 bits per heavy atom. The average molecular weight is 497 g/mol. The summed E-state index contributed by atoms with van der Waals surface area (Å²) in [5.41, 5.74) is -1.13. The van der Waals surface area contributed by atoms with Crippen LogP contribution in [0, 0.1) is 23.5 Å². The fraction of sp³-hybridized carbons (Fsp3) is 0.391. The first-order valence-corrected chi connectivity index (χ1v) is 12.0. The lowest BCUT2D eigenvalue weighted by Crippen LogP contribution is -2.42. The zero-order chi connectivity index (χ0) is 25.2. The van der Waals surface area contributed by atoms with Crippen molar-refractivity contribution in [1.29, 1.82) is 0 Å². The number of methoxy groups -OCH3 is 2. The minimum absolute atomic E-state index is 0.0587. The number of halogens is 2. The molecule has 1 N–H and O–H groups in total. The molecular formula is C23H26F2N2O6S. The number of amides is 1. The summed E-state index contributed by atoms with van der Waals surface area (Å²) in [7, 11) is -1.64. The van der Waals surface area contributed by atoms with Crippen molar-refractivity contribution < 1.29 is 36.3 Å². The van der Waals surface area contributed by atoms with Crippen molar-refractivity contribution >= 4 is 27.6 Å². The summed E-state index contributed by atoms with van der Waals surface area (Å²) in [5, 5.41) is 2.25. The fourth-order valence-corrected chi connectivity index (χ4v) is 5.93. The number of sulfonamides is 1. The van der Waals surface area contributed by atoms with Gasteiger partial charge in [0, 0.05) is 24.7 Å². The first-order valence-electron chi connectivity index (χ1n) is 10.5. The lowest BCUT2D eigenvalue weighted by molar-refractivity contribution is 0.0595. The predicted molar refractivity (Wildman–Crippen MR) is 120 cm³/mol. The molecule has 2 atom stereocenters. The highest BCUT2D eigenvalue weighted by atomic mass is 32.2. The van der Waals surface area contributed by atoms with Gasteiger partial charge < -0.3 is 14.8 Å². The molecule has 0 bridgehead atoms. The number of benzene rings is 2. The van der Waals surface area contributed by atoms with Gasteiger partial charge in [-0.05, 0) is 42.5 Å². The molecule has 0 radical (unpaired) electrons. The highest BCUT2D eigenvalue weighted by molar-refractivity contribution is 7.89. The van der Waals surface area contributed by atoms with E-state index >= 15 is 0 Å². The lowest BCUT2D eigenvalue weighted by atomic mass is 9.94. The van der Waals surface area contributed by atoms with E-state index in [2.05, 4.69) is 10.1 Å². The predicted octanol–water partition coefficient (Wildman–Crippen LogP) is 3.68. The number of nitrogens with one attached hydrogen (secondary N) is 1. The lowest BCUT2D eigenvalue weighted by Gasteiger charge is -2.34. The maximum absolute atomic E-state index is 14.2. The number of carbonyl (C=O) groups is 2. The molecule has 3 rings (SSSR count). The molecule has 1 heterocycles. The summed E-state index contributed by atoms with van der Waals surface area (Å²) in [6.45, 7) is 4.62. The maximum Gasteiger partial charge on any atom is 0.340 e. The van der Waals surface area contributed by atoms with Crippen molar-refractivity contribution in [1.82, 2.24) is 4.31 Å². The number of anilines is 1. The highest BCUT2D eigenvalue weighted by Gasteiger charge is 2.34. The van der Waals surface area contributed by atoms with E-state index in [1.54, 1.807) is 0 Å². The number of rotatable bonds is 6. The fourth-order valence-electron chi connectivity index (χ4n) is 4.07. The molecule has 1 amide bonds. The number of carbonyl (C=O) groups excluding carboxylic acids is 2. The Kier molecular flexibility index (Phi) is 7.57. The molecule has 184 valence electrons. The molecule has 0 aliphatic carbocycles. The van der Waals surface area contributed by atoms with Crippen LogP contribution in [0.5, 0.6) is 5.75 Å². The molecule has 34 heavy (non-hydrogen) atoms. The van der Waals surface area contributed by atoms with Crippen molar-refractivity contribution in [2.24, 2.45) is 11.8 Å². The van der Waals surface area contributed by atoms with Gasteiger partial charge in [0.25, 0.3) is 5.91 Å². The van der Waals surface area contributed by atoms with E-state index < -0.39 is 44.8 Å². The third kappa shape index (κ3) is 5.20. The molecule has 2 aromatic rings. The Labute approximate surface area is 196 Å². The van der Waals surface area contributed by atoms with Crippen LogP contribution in [0.1, 0.15) is 41.0 Å². The minimum atomic E-state index is -3.99. The molecule has 0 aromatic heterocycles. The zero-order valence-corrected chi connectivity index (χ0v) is 20.0. The molecule has 8 nitrogen and oxygen atoms in total. The number of piperidine rings is 1. The second-order valence-corrected chi connectivity index (χ2v) is 10.3. The molecule has 0 spiro atoms. The third-order valence-electron chi connectivity index (χ3n) is 5.59. The van der Waals surface area contributed by atoms with E-state index in [1.807, 2.05) is 13.8 Å². The molecule has 0 saturated carbocycles. The van der Waals surface area contributed by atoms with Crippen LogP contribution in [-0.4, -0.2) is 51.9 Å². The summed E-state index contributed by atoms with van der Waals surface area (Å²) in [5.74, 6) is -3.77. The van der Waals surface area contributed by atoms with Crippen LogP contribution < -0.4 is 10.1 Å². The van der Waals surface area contributed by atoms with Crippen LogP contribution in [0.2, 0.25) is 0 Å². The standard InChI is InChI=1S/C23H26F2N2O6S/c1-13-7-14(2)12-27(11-13)34(30,31)21-8-15(5-6-20(21)32-3)22(28)26-19-9-16(23(29)33-4)17(24)10-18(19)25/h5-6,8-10,13-14H,7,11-12H2,1-4H3,(H,26,28)/t13-,14+. The Bertz CT molecular complexity index is 1210. The van der Waals surface area contributed by atoms with E-state index in [4.69, 9.17) is 4.74 Å². The monoisotopic (exact) mass is 496 g/mol. The molecular weight excluding hydrogens is 470 g/mol. The van der Waals surface area contributed by atoms with Gasteiger partial charge in [0.15, 0.2) is 0 Å². The van der Waals surface area contributed by atoms with Gasteiger partial charge in [0.1, 0.15) is 22.3 Å². The number of hydrogen-bond acceptors (Lipinski definition) is 6. The van der Waals surface area contributed by atoms with Gasteiger partial charge >= 0.3 is 5.97 Å². The van der Waals surface area contributed by atoms with E-state index in [1.165, 1.54) is 23.5 Å². The normalized spacial score (nSPS) is 18.9. The van der Waals surface area contributed by atoms with E-state index in [-0.39, 0.29) is 28.0 Å². The first kappa shape index (κ1) is 25.6. The molecule has 1 aliphatic heterocycles. The van der Waals surface area contributed by atoms with E-state index in [9.17, 15) is 26.8 Å². The zero-order valence-electron chi connectivity index (χ0n) is 19.2. The summed E-state index contributed by atoms with van der Waals surface area (Å²) in [4.78, 5) is 24.3. The maximum atomic E-state index is 14.2. The number of hydrogen-bond donors (Lipinski definition) is 1. The Morgan fingerprint density at radius 3 is 2.26 bits per heavy atom. The number of nitrogens with zero attached hydrogens (tertiary/aromatic N) is 1.